The number of aromatic amines is 1. The quantitative estimate of drug-likeness (QED) is 0.837. The second kappa shape index (κ2) is 7.66. The van der Waals surface area contributed by atoms with Crippen LogP contribution < -0.4 is 5.56 Å². The third-order valence-electron chi connectivity index (χ3n) is 6.31. The first-order chi connectivity index (χ1) is 14.6. The average Bonchev–Trinajstić information content (AvgIpc) is 3.64. The van der Waals surface area contributed by atoms with E-state index in [4.69, 9.17) is 4.98 Å². The standard InChI is InChI=1S/C22H25N5O3/c28-20-16-13-26(21(29)14-6-7-14)11-8-17(16)24-19(25-20)18-5-1-2-10-27(18)22(30)15-4-3-9-23-12-15/h3-4,9,12,14,18H,1-2,5-8,10-11,13H2,(H,24,25,28)/t18-/m0/s1. The minimum absolute atomic E-state index is 0.0885. The van der Waals surface area contributed by atoms with Crippen LogP contribution in [0.5, 0.6) is 0 Å². The topological polar surface area (TPSA) is 99.3 Å². The Kier molecular flexibility index (Phi) is 4.84. The molecule has 1 saturated heterocycles. The van der Waals surface area contributed by atoms with Crippen LogP contribution in [0, 0.1) is 5.92 Å². The summed E-state index contributed by atoms with van der Waals surface area (Å²) in [4.78, 5) is 53.7. The molecule has 0 bridgehead atoms. The zero-order valence-corrected chi connectivity index (χ0v) is 16.8. The summed E-state index contributed by atoms with van der Waals surface area (Å²) in [6.07, 6.45) is 8.37. The Morgan fingerprint density at radius 1 is 1.13 bits per heavy atom. The molecule has 1 atom stereocenters. The molecule has 2 aromatic rings. The number of rotatable bonds is 3. The molecule has 5 rings (SSSR count). The molecule has 8 nitrogen and oxygen atoms in total. The lowest BCUT2D eigenvalue weighted by Crippen LogP contribution is -2.43. The fraction of sp³-hybridized carbons (Fsp3) is 0.500. The number of piperidine rings is 1. The molecule has 3 aliphatic rings. The molecule has 156 valence electrons. The highest BCUT2D eigenvalue weighted by atomic mass is 16.2. The van der Waals surface area contributed by atoms with Gasteiger partial charge in [-0.15, -0.1) is 0 Å². The van der Waals surface area contributed by atoms with Crippen molar-refractivity contribution in [1.29, 1.82) is 0 Å². The molecule has 0 radical (unpaired) electrons. The van der Waals surface area contributed by atoms with Crippen LogP contribution in [0.3, 0.4) is 0 Å². The molecular formula is C22H25N5O3. The van der Waals surface area contributed by atoms with E-state index >= 15 is 0 Å². The number of hydrogen-bond acceptors (Lipinski definition) is 5. The SMILES string of the molecule is O=C(C1CC1)N1CCc2nc([C@@H]3CCCCN3C(=O)c3cccnc3)[nH]c(=O)c2C1. The van der Waals surface area contributed by atoms with Crippen LogP contribution in [0.15, 0.2) is 29.3 Å². The lowest BCUT2D eigenvalue weighted by Gasteiger charge is -2.36. The molecule has 2 amide bonds. The van der Waals surface area contributed by atoms with Crippen LogP contribution in [0.1, 0.15) is 65.6 Å². The number of aromatic nitrogens is 3. The van der Waals surface area contributed by atoms with Gasteiger partial charge in [0.2, 0.25) is 5.91 Å². The van der Waals surface area contributed by atoms with Crippen molar-refractivity contribution in [1.82, 2.24) is 24.8 Å². The van der Waals surface area contributed by atoms with Crippen molar-refractivity contribution in [2.75, 3.05) is 13.1 Å². The zero-order valence-electron chi connectivity index (χ0n) is 16.8. The van der Waals surface area contributed by atoms with Crippen molar-refractivity contribution in [2.24, 2.45) is 5.92 Å². The second-order valence-corrected chi connectivity index (χ2v) is 8.41. The lowest BCUT2D eigenvalue weighted by molar-refractivity contribution is -0.133. The number of H-pyrrole nitrogens is 1. The molecule has 30 heavy (non-hydrogen) atoms. The first kappa shape index (κ1) is 19.0. The molecular weight excluding hydrogens is 382 g/mol. The summed E-state index contributed by atoms with van der Waals surface area (Å²) in [6, 6.07) is 3.26. The summed E-state index contributed by atoms with van der Waals surface area (Å²) in [5, 5.41) is 0. The van der Waals surface area contributed by atoms with E-state index < -0.39 is 0 Å². The number of carbonyl (C=O) groups is 2. The fourth-order valence-corrected chi connectivity index (χ4v) is 4.49. The van der Waals surface area contributed by atoms with Crippen molar-refractivity contribution < 1.29 is 9.59 Å². The number of amides is 2. The zero-order chi connectivity index (χ0) is 20.7. The first-order valence-corrected chi connectivity index (χ1v) is 10.7. The maximum absolute atomic E-state index is 13.1. The van der Waals surface area contributed by atoms with E-state index in [1.807, 2.05) is 0 Å². The minimum Gasteiger partial charge on any atom is -0.337 e. The Morgan fingerprint density at radius 2 is 2.00 bits per heavy atom. The van der Waals surface area contributed by atoms with Crippen molar-refractivity contribution in [2.45, 2.75) is 51.1 Å². The summed E-state index contributed by atoms with van der Waals surface area (Å²) in [6.45, 7) is 1.56. The highest BCUT2D eigenvalue weighted by molar-refractivity contribution is 5.94. The van der Waals surface area contributed by atoms with Crippen LogP contribution in [0.4, 0.5) is 0 Å². The van der Waals surface area contributed by atoms with Crippen LogP contribution in [-0.2, 0) is 17.8 Å². The average molecular weight is 407 g/mol. The highest BCUT2D eigenvalue weighted by Crippen LogP contribution is 2.33. The molecule has 1 aliphatic carbocycles. The predicted molar refractivity (Wildman–Crippen MR) is 109 cm³/mol. The Morgan fingerprint density at radius 3 is 2.77 bits per heavy atom. The fourth-order valence-electron chi connectivity index (χ4n) is 4.49. The van der Waals surface area contributed by atoms with E-state index in [-0.39, 0.29) is 29.3 Å². The molecule has 2 aliphatic heterocycles. The number of hydrogen-bond donors (Lipinski definition) is 1. The first-order valence-electron chi connectivity index (χ1n) is 10.7. The molecule has 4 heterocycles. The number of pyridine rings is 1. The molecule has 0 unspecified atom stereocenters. The van der Waals surface area contributed by atoms with E-state index in [1.54, 1.807) is 34.3 Å². The summed E-state index contributed by atoms with van der Waals surface area (Å²) in [5.41, 5.74) is 1.69. The Labute approximate surface area is 174 Å². The van der Waals surface area contributed by atoms with Gasteiger partial charge in [-0.3, -0.25) is 19.4 Å². The number of nitrogens with one attached hydrogen (secondary N) is 1. The number of nitrogens with zero attached hydrogens (tertiary/aromatic N) is 4. The number of carbonyl (C=O) groups excluding carboxylic acids is 2. The molecule has 2 aromatic heterocycles. The number of fused-ring (bicyclic) bond motifs is 1. The largest absolute Gasteiger partial charge is 0.337 e. The van der Waals surface area contributed by atoms with Crippen LogP contribution in [0.25, 0.3) is 0 Å². The molecule has 1 N–H and O–H groups in total. The molecule has 0 spiro atoms. The second-order valence-electron chi connectivity index (χ2n) is 8.41. The molecule has 2 fully saturated rings. The van der Waals surface area contributed by atoms with Gasteiger partial charge in [0, 0.05) is 37.8 Å². The van der Waals surface area contributed by atoms with E-state index in [1.165, 1.54) is 0 Å². The predicted octanol–water partition coefficient (Wildman–Crippen LogP) is 1.83. The van der Waals surface area contributed by atoms with Crippen LogP contribution >= 0.6 is 0 Å². The Hall–Kier alpha value is -3.03. The Balaban J connectivity index is 1.42. The highest BCUT2D eigenvalue weighted by Gasteiger charge is 2.36. The normalized spacial score (nSPS) is 21.3. The Bertz CT molecular complexity index is 1030. The van der Waals surface area contributed by atoms with Gasteiger partial charge in [0.15, 0.2) is 0 Å². The van der Waals surface area contributed by atoms with Gasteiger partial charge >= 0.3 is 0 Å². The van der Waals surface area contributed by atoms with Gasteiger partial charge in [-0.25, -0.2) is 4.98 Å². The van der Waals surface area contributed by atoms with E-state index in [0.29, 0.717) is 43.0 Å². The maximum atomic E-state index is 13.1. The minimum atomic E-state index is -0.254. The van der Waals surface area contributed by atoms with Crippen molar-refractivity contribution in [3.05, 3.63) is 57.5 Å². The van der Waals surface area contributed by atoms with Crippen molar-refractivity contribution >= 4 is 11.8 Å². The van der Waals surface area contributed by atoms with Crippen LogP contribution in [-0.4, -0.2) is 49.7 Å². The van der Waals surface area contributed by atoms with E-state index in [2.05, 4.69) is 9.97 Å². The van der Waals surface area contributed by atoms with Gasteiger partial charge in [-0.2, -0.15) is 0 Å². The number of likely N-dealkylation sites (tertiary alicyclic amines) is 1. The van der Waals surface area contributed by atoms with Gasteiger partial charge in [-0.05, 0) is 44.2 Å². The van der Waals surface area contributed by atoms with E-state index in [9.17, 15) is 14.4 Å². The van der Waals surface area contributed by atoms with Crippen molar-refractivity contribution in [3.63, 3.8) is 0 Å². The van der Waals surface area contributed by atoms with Gasteiger partial charge in [0.25, 0.3) is 11.5 Å². The smallest absolute Gasteiger partial charge is 0.256 e. The molecule has 0 aromatic carbocycles. The van der Waals surface area contributed by atoms with E-state index in [0.717, 1.165) is 37.8 Å². The lowest BCUT2D eigenvalue weighted by atomic mass is 9.99. The van der Waals surface area contributed by atoms with Gasteiger partial charge in [0.05, 0.1) is 29.4 Å². The van der Waals surface area contributed by atoms with Gasteiger partial charge in [-0.1, -0.05) is 0 Å². The van der Waals surface area contributed by atoms with Crippen molar-refractivity contribution in [3.8, 4) is 0 Å². The monoisotopic (exact) mass is 407 g/mol. The van der Waals surface area contributed by atoms with Gasteiger partial charge < -0.3 is 14.8 Å². The van der Waals surface area contributed by atoms with Crippen LogP contribution in [0.2, 0.25) is 0 Å². The molecule has 8 heteroatoms. The third kappa shape index (κ3) is 3.51. The summed E-state index contributed by atoms with van der Waals surface area (Å²) in [5.74, 6) is 0.767. The summed E-state index contributed by atoms with van der Waals surface area (Å²) < 4.78 is 0. The maximum Gasteiger partial charge on any atom is 0.256 e. The van der Waals surface area contributed by atoms with Gasteiger partial charge in [0.1, 0.15) is 5.82 Å². The third-order valence-corrected chi connectivity index (χ3v) is 6.31. The summed E-state index contributed by atoms with van der Waals surface area (Å²) in [7, 11) is 0. The summed E-state index contributed by atoms with van der Waals surface area (Å²) >= 11 is 0. The molecule has 1 saturated carbocycles.